The van der Waals surface area contributed by atoms with E-state index in [1.54, 1.807) is 0 Å². The van der Waals surface area contributed by atoms with Crippen molar-refractivity contribution < 1.29 is 0 Å². The fourth-order valence-electron chi connectivity index (χ4n) is 3.12. The molecule has 1 aromatic heterocycles. The molecule has 2 heterocycles. The van der Waals surface area contributed by atoms with Gasteiger partial charge in [-0.2, -0.15) is 5.10 Å². The summed E-state index contributed by atoms with van der Waals surface area (Å²) in [7, 11) is 0. The van der Waals surface area contributed by atoms with E-state index in [2.05, 4.69) is 42.8 Å². The summed E-state index contributed by atoms with van der Waals surface area (Å²) in [5.41, 5.74) is 5.22. The largest absolute Gasteiger partial charge is 0.268 e. The van der Waals surface area contributed by atoms with Gasteiger partial charge in [0.25, 0.3) is 0 Å². The Morgan fingerprint density at radius 2 is 2.10 bits per heavy atom. The van der Waals surface area contributed by atoms with E-state index in [0.717, 1.165) is 25.8 Å². The number of hydrogen-bond donors (Lipinski definition) is 0. The summed E-state index contributed by atoms with van der Waals surface area (Å²) in [6, 6.07) is 8.73. The Hall–Kier alpha value is -0.930. The monoisotopic (exact) mass is 320 g/mol. The van der Waals surface area contributed by atoms with Gasteiger partial charge in [0.2, 0.25) is 0 Å². The number of hydrogen-bond acceptors (Lipinski definition) is 2. The molecule has 2 aromatic rings. The summed E-state index contributed by atoms with van der Waals surface area (Å²) in [5, 5.41) is 5.40. The lowest BCUT2D eigenvalue weighted by atomic mass is 10.1. The first-order valence-electron chi connectivity index (χ1n) is 7.64. The predicted molar refractivity (Wildman–Crippen MR) is 90.3 cm³/mol. The van der Waals surface area contributed by atoms with Gasteiger partial charge in [-0.25, -0.2) is 0 Å². The maximum Gasteiger partial charge on any atom is 0.0668 e. The van der Waals surface area contributed by atoms with Crippen LogP contribution in [-0.4, -0.2) is 15.0 Å². The average Bonchev–Trinajstić information content (AvgIpc) is 3.06. The lowest BCUT2D eigenvalue weighted by Gasteiger charge is -2.12. The number of fused-ring (bicyclic) bond motifs is 1. The normalized spacial score (nSPS) is 17.2. The molecule has 0 saturated carbocycles. The van der Waals surface area contributed by atoms with Crippen LogP contribution in [0.4, 0.5) is 0 Å². The molecule has 21 heavy (non-hydrogen) atoms. The van der Waals surface area contributed by atoms with E-state index in [4.69, 9.17) is 16.7 Å². The van der Waals surface area contributed by atoms with E-state index in [1.807, 2.05) is 11.8 Å². The highest BCUT2D eigenvalue weighted by Gasteiger charge is 2.24. The highest BCUT2D eigenvalue weighted by Crippen LogP contribution is 2.37. The molecule has 0 aliphatic carbocycles. The molecule has 0 radical (unpaired) electrons. The molecule has 1 atom stereocenters. The Morgan fingerprint density at radius 3 is 2.76 bits per heavy atom. The molecule has 0 spiro atoms. The van der Waals surface area contributed by atoms with E-state index in [0.29, 0.717) is 11.1 Å². The molecular weight excluding hydrogens is 300 g/mol. The Labute approximate surface area is 135 Å². The molecular formula is C17H21ClN2S. The second-order valence-electron chi connectivity index (χ2n) is 5.45. The molecule has 0 amide bonds. The van der Waals surface area contributed by atoms with Gasteiger partial charge in [0.05, 0.1) is 18.1 Å². The topological polar surface area (TPSA) is 17.8 Å². The SMILES string of the molecule is CCc1nn(CC2Cc3ccccc3S2)c(CC)c1CCl. The zero-order valence-corrected chi connectivity index (χ0v) is 14.2. The molecule has 3 rings (SSSR count). The molecule has 4 heteroatoms. The molecule has 1 aliphatic heterocycles. The van der Waals surface area contributed by atoms with Crippen molar-refractivity contribution in [2.24, 2.45) is 0 Å². The van der Waals surface area contributed by atoms with Crippen LogP contribution in [0.25, 0.3) is 0 Å². The van der Waals surface area contributed by atoms with Gasteiger partial charge < -0.3 is 0 Å². The fraction of sp³-hybridized carbons (Fsp3) is 0.471. The van der Waals surface area contributed by atoms with Crippen molar-refractivity contribution in [1.82, 2.24) is 9.78 Å². The van der Waals surface area contributed by atoms with Gasteiger partial charge in [0, 0.05) is 21.4 Å². The highest BCUT2D eigenvalue weighted by atomic mass is 35.5. The minimum atomic E-state index is 0.574. The van der Waals surface area contributed by atoms with Crippen LogP contribution in [-0.2, 0) is 31.7 Å². The third-order valence-electron chi connectivity index (χ3n) is 4.14. The number of aryl methyl sites for hydroxylation is 1. The average molecular weight is 321 g/mol. The van der Waals surface area contributed by atoms with Crippen LogP contribution < -0.4 is 0 Å². The second-order valence-corrected chi connectivity index (χ2v) is 7.06. The van der Waals surface area contributed by atoms with E-state index >= 15 is 0 Å². The molecule has 1 aliphatic rings. The Balaban J connectivity index is 1.82. The first-order valence-corrected chi connectivity index (χ1v) is 9.06. The van der Waals surface area contributed by atoms with Crippen LogP contribution in [0.5, 0.6) is 0 Å². The van der Waals surface area contributed by atoms with Gasteiger partial charge in [0.15, 0.2) is 0 Å². The van der Waals surface area contributed by atoms with Crippen molar-refractivity contribution in [3.05, 3.63) is 46.8 Å². The van der Waals surface area contributed by atoms with Gasteiger partial charge >= 0.3 is 0 Å². The zero-order valence-electron chi connectivity index (χ0n) is 12.6. The number of alkyl halides is 1. The van der Waals surface area contributed by atoms with Crippen molar-refractivity contribution in [3.8, 4) is 0 Å². The number of halogens is 1. The maximum atomic E-state index is 6.14. The lowest BCUT2D eigenvalue weighted by molar-refractivity contribution is 0.565. The Kier molecular flexibility index (Phi) is 4.60. The van der Waals surface area contributed by atoms with E-state index in [1.165, 1.54) is 27.4 Å². The summed E-state index contributed by atoms with van der Waals surface area (Å²) in [6.07, 6.45) is 3.10. The molecule has 0 N–H and O–H groups in total. The van der Waals surface area contributed by atoms with Crippen LogP contribution in [0.2, 0.25) is 0 Å². The second kappa shape index (κ2) is 6.45. The number of benzene rings is 1. The summed E-state index contributed by atoms with van der Waals surface area (Å²) < 4.78 is 2.21. The Bertz CT molecular complexity index is 611. The minimum absolute atomic E-state index is 0.574. The van der Waals surface area contributed by atoms with Gasteiger partial charge in [-0.15, -0.1) is 23.4 Å². The van der Waals surface area contributed by atoms with Crippen LogP contribution in [0.1, 0.15) is 36.4 Å². The van der Waals surface area contributed by atoms with E-state index < -0.39 is 0 Å². The van der Waals surface area contributed by atoms with Gasteiger partial charge in [-0.05, 0) is 30.9 Å². The summed E-state index contributed by atoms with van der Waals surface area (Å²) >= 11 is 8.13. The number of thioether (sulfide) groups is 1. The smallest absolute Gasteiger partial charge is 0.0668 e. The minimum Gasteiger partial charge on any atom is -0.268 e. The van der Waals surface area contributed by atoms with E-state index in [-0.39, 0.29) is 0 Å². The Morgan fingerprint density at radius 1 is 1.29 bits per heavy atom. The predicted octanol–water partition coefficient (Wildman–Crippen LogP) is 4.46. The molecule has 112 valence electrons. The molecule has 0 fully saturated rings. The summed E-state index contributed by atoms with van der Waals surface area (Å²) in [5.74, 6) is 0.574. The number of aromatic nitrogens is 2. The lowest BCUT2D eigenvalue weighted by Crippen LogP contribution is -2.16. The molecule has 2 nitrogen and oxygen atoms in total. The van der Waals surface area contributed by atoms with Crippen molar-refractivity contribution in [3.63, 3.8) is 0 Å². The van der Waals surface area contributed by atoms with Gasteiger partial charge in [-0.1, -0.05) is 32.0 Å². The van der Waals surface area contributed by atoms with Crippen molar-refractivity contribution >= 4 is 23.4 Å². The highest BCUT2D eigenvalue weighted by molar-refractivity contribution is 8.00. The van der Waals surface area contributed by atoms with Crippen LogP contribution in [0.15, 0.2) is 29.2 Å². The standard InChI is InChI=1S/C17H21ClN2S/c1-3-15-14(10-18)16(4-2)20(19-15)11-13-9-12-7-5-6-8-17(12)21-13/h5-8,13H,3-4,9-11H2,1-2H3. The number of rotatable bonds is 5. The first-order chi connectivity index (χ1) is 10.3. The van der Waals surface area contributed by atoms with Crippen molar-refractivity contribution in [2.45, 2.75) is 55.7 Å². The van der Waals surface area contributed by atoms with Gasteiger partial charge in [0.1, 0.15) is 0 Å². The van der Waals surface area contributed by atoms with Crippen molar-refractivity contribution in [2.75, 3.05) is 0 Å². The quantitative estimate of drug-likeness (QED) is 0.757. The van der Waals surface area contributed by atoms with Gasteiger partial charge in [-0.3, -0.25) is 4.68 Å². The fourth-order valence-corrected chi connectivity index (χ4v) is 4.73. The summed E-state index contributed by atoms with van der Waals surface area (Å²) in [6.45, 7) is 5.33. The molecule has 0 bridgehead atoms. The maximum absolute atomic E-state index is 6.14. The first kappa shape index (κ1) is 15.0. The third-order valence-corrected chi connectivity index (χ3v) is 5.71. The van der Waals surface area contributed by atoms with Crippen LogP contribution >= 0.6 is 23.4 Å². The van der Waals surface area contributed by atoms with Crippen LogP contribution in [0.3, 0.4) is 0 Å². The third kappa shape index (κ3) is 2.86. The van der Waals surface area contributed by atoms with Crippen molar-refractivity contribution in [1.29, 1.82) is 0 Å². The van der Waals surface area contributed by atoms with E-state index in [9.17, 15) is 0 Å². The molecule has 1 unspecified atom stereocenters. The molecule has 1 aromatic carbocycles. The number of nitrogens with zero attached hydrogens (tertiary/aromatic N) is 2. The zero-order chi connectivity index (χ0) is 14.8. The molecule has 0 saturated heterocycles. The summed E-state index contributed by atoms with van der Waals surface area (Å²) in [4.78, 5) is 1.43. The van der Waals surface area contributed by atoms with Crippen LogP contribution in [0, 0.1) is 0 Å².